The van der Waals surface area contributed by atoms with Crippen molar-refractivity contribution in [3.63, 3.8) is 0 Å². The van der Waals surface area contributed by atoms with Gasteiger partial charge in [0.05, 0.1) is 24.2 Å². The standard InChI is InChI=1S/C32H32N6O/c39-31(21-35-26-11-7-9-24(20-26)29-22-38-19-6-4-13-30(38)37-29)36-25-10-2-1-8-23(14-15-25)32-27-16-18-33-28(27)12-3-5-17-34-32/h3-4,6-7,9,11,13-14,16-20,22,25,33,35H,1-2,8,10,12,15,21H2,(H,36,39). The lowest BCUT2D eigenvalue weighted by Crippen LogP contribution is -2.38. The van der Waals surface area contributed by atoms with Crippen LogP contribution in [0.15, 0.2) is 102 Å². The second-order valence-electron chi connectivity index (χ2n) is 10.1. The highest BCUT2D eigenvalue weighted by molar-refractivity contribution is 6.13. The Morgan fingerprint density at radius 2 is 2.13 bits per heavy atom. The van der Waals surface area contributed by atoms with Crippen LogP contribution in [0.5, 0.6) is 0 Å². The van der Waals surface area contributed by atoms with Crippen LogP contribution in [0.1, 0.15) is 43.4 Å². The predicted molar refractivity (Wildman–Crippen MR) is 156 cm³/mol. The zero-order chi connectivity index (χ0) is 26.4. The van der Waals surface area contributed by atoms with E-state index in [2.05, 4.69) is 33.5 Å². The van der Waals surface area contributed by atoms with Gasteiger partial charge in [0.15, 0.2) is 0 Å². The van der Waals surface area contributed by atoms with Gasteiger partial charge in [-0.3, -0.25) is 4.79 Å². The van der Waals surface area contributed by atoms with Crippen molar-refractivity contribution in [1.29, 1.82) is 0 Å². The lowest BCUT2D eigenvalue weighted by molar-refractivity contribution is -0.120. The number of fused-ring (bicyclic) bond motifs is 2. The Morgan fingerprint density at radius 1 is 1.15 bits per heavy atom. The fourth-order valence-corrected chi connectivity index (χ4v) is 5.32. The third-order valence-corrected chi connectivity index (χ3v) is 7.32. The number of amides is 1. The maximum Gasteiger partial charge on any atom is 0.239 e. The molecule has 0 spiro atoms. The summed E-state index contributed by atoms with van der Waals surface area (Å²) in [5, 5.41) is 6.54. The van der Waals surface area contributed by atoms with Crippen molar-refractivity contribution < 1.29 is 4.79 Å². The summed E-state index contributed by atoms with van der Waals surface area (Å²) in [7, 11) is 0. The van der Waals surface area contributed by atoms with Crippen LogP contribution in [-0.2, 0) is 11.2 Å². The van der Waals surface area contributed by atoms with Crippen LogP contribution in [-0.4, -0.2) is 38.6 Å². The van der Waals surface area contributed by atoms with Crippen LogP contribution in [0.2, 0.25) is 0 Å². The highest BCUT2D eigenvalue weighted by Crippen LogP contribution is 2.25. The van der Waals surface area contributed by atoms with Gasteiger partial charge in [0.2, 0.25) is 5.91 Å². The zero-order valence-electron chi connectivity index (χ0n) is 21.9. The Morgan fingerprint density at radius 3 is 3.08 bits per heavy atom. The first kappa shape index (κ1) is 24.7. The number of imidazole rings is 1. The molecule has 2 aliphatic rings. The number of aliphatic imine (C=N–C) groups is 1. The molecule has 0 radical (unpaired) electrons. The fraction of sp³-hybridized carbons (Fsp3) is 0.250. The number of hydrogen-bond acceptors (Lipinski definition) is 4. The lowest BCUT2D eigenvalue weighted by Gasteiger charge is -2.22. The van der Waals surface area contributed by atoms with Crippen molar-refractivity contribution in [3.05, 3.63) is 108 Å². The van der Waals surface area contributed by atoms with Crippen LogP contribution >= 0.6 is 0 Å². The number of carbonyl (C=O) groups excluding carboxylic acids is 1. The molecule has 7 heteroatoms. The van der Waals surface area contributed by atoms with Crippen LogP contribution < -0.4 is 10.6 Å². The van der Waals surface area contributed by atoms with Crippen LogP contribution in [0.3, 0.4) is 0 Å². The minimum atomic E-state index is -0.00191. The number of pyridine rings is 1. The Hall–Kier alpha value is -4.61. The Kier molecular flexibility index (Phi) is 7.23. The molecule has 1 unspecified atom stereocenters. The van der Waals surface area contributed by atoms with Crippen molar-refractivity contribution >= 4 is 23.0 Å². The van der Waals surface area contributed by atoms with E-state index in [1.165, 1.54) is 11.3 Å². The van der Waals surface area contributed by atoms with Gasteiger partial charge in [-0.1, -0.05) is 30.7 Å². The number of carbonyl (C=O) groups is 1. The Balaban J connectivity index is 1.09. The summed E-state index contributed by atoms with van der Waals surface area (Å²) in [6, 6.07) is 16.2. The van der Waals surface area contributed by atoms with E-state index in [1.54, 1.807) is 6.20 Å². The van der Waals surface area contributed by atoms with Gasteiger partial charge in [0.1, 0.15) is 5.65 Å². The molecule has 6 rings (SSSR count). The molecule has 196 valence electrons. The molecular weight excluding hydrogens is 484 g/mol. The van der Waals surface area contributed by atoms with Crippen molar-refractivity contribution in [1.82, 2.24) is 19.7 Å². The number of hydrogen-bond donors (Lipinski definition) is 3. The van der Waals surface area contributed by atoms with E-state index in [-0.39, 0.29) is 18.5 Å². The van der Waals surface area contributed by atoms with Gasteiger partial charge >= 0.3 is 0 Å². The summed E-state index contributed by atoms with van der Waals surface area (Å²) >= 11 is 0. The molecule has 7 nitrogen and oxygen atoms in total. The van der Waals surface area contributed by atoms with Gasteiger partial charge in [0, 0.05) is 53.6 Å². The molecule has 4 heterocycles. The first-order valence-electron chi connectivity index (χ1n) is 13.6. The van der Waals surface area contributed by atoms with Crippen molar-refractivity contribution in [2.75, 3.05) is 11.9 Å². The average Bonchev–Trinajstić information content (AvgIpc) is 3.57. The lowest BCUT2D eigenvalue weighted by atomic mass is 9.91. The van der Waals surface area contributed by atoms with Crippen LogP contribution in [0.25, 0.3) is 16.9 Å². The molecule has 3 N–H and O–H groups in total. The van der Waals surface area contributed by atoms with E-state index in [0.29, 0.717) is 0 Å². The number of nitrogens with zero attached hydrogens (tertiary/aromatic N) is 3. The number of aromatic amines is 1. The molecule has 0 saturated heterocycles. The smallest absolute Gasteiger partial charge is 0.239 e. The summed E-state index contributed by atoms with van der Waals surface area (Å²) in [5.41, 5.74) is 11.4. The van der Waals surface area contributed by atoms with Gasteiger partial charge in [-0.15, -0.1) is 5.73 Å². The molecule has 0 bridgehead atoms. The SMILES string of the molecule is O=C(CNc1cccc(-c2cn3ccccc3n2)c1)NC1CC=C(C2=NC=C=CCc3[nH]ccc32)CCCC1. The van der Waals surface area contributed by atoms with Crippen molar-refractivity contribution in [2.45, 2.75) is 44.6 Å². The molecule has 3 aromatic heterocycles. The second kappa shape index (κ2) is 11.4. The van der Waals surface area contributed by atoms with Gasteiger partial charge in [-0.25, -0.2) is 9.98 Å². The molecule has 1 amide bonds. The molecule has 0 fully saturated rings. The quantitative estimate of drug-likeness (QED) is 0.282. The van der Waals surface area contributed by atoms with E-state index in [1.807, 2.05) is 71.5 Å². The summed E-state index contributed by atoms with van der Waals surface area (Å²) in [4.78, 5) is 25.7. The highest BCUT2D eigenvalue weighted by atomic mass is 16.1. The number of anilines is 1. The summed E-state index contributed by atoms with van der Waals surface area (Å²) in [5.74, 6) is -0.00191. The number of H-pyrrole nitrogens is 1. The van der Waals surface area contributed by atoms with E-state index in [0.717, 1.165) is 72.4 Å². The molecule has 1 atom stereocenters. The molecule has 39 heavy (non-hydrogen) atoms. The summed E-state index contributed by atoms with van der Waals surface area (Å²) < 4.78 is 2.01. The fourth-order valence-electron chi connectivity index (χ4n) is 5.32. The number of aromatic nitrogens is 3. The van der Waals surface area contributed by atoms with Gasteiger partial charge in [0.25, 0.3) is 0 Å². The third-order valence-electron chi connectivity index (χ3n) is 7.32. The zero-order valence-corrected chi connectivity index (χ0v) is 21.9. The van der Waals surface area contributed by atoms with Gasteiger partial charge in [-0.05, 0) is 67.7 Å². The number of nitrogens with one attached hydrogen (secondary N) is 3. The second-order valence-corrected chi connectivity index (χ2v) is 10.1. The number of allylic oxidation sites excluding steroid dienone is 2. The van der Waals surface area contributed by atoms with Crippen molar-refractivity contribution in [2.24, 2.45) is 4.99 Å². The first-order chi connectivity index (χ1) is 19.2. The van der Waals surface area contributed by atoms with Crippen LogP contribution in [0, 0.1) is 0 Å². The third kappa shape index (κ3) is 5.79. The molecule has 1 aliphatic heterocycles. The molecule has 0 saturated carbocycles. The van der Waals surface area contributed by atoms with E-state index < -0.39 is 0 Å². The molecule has 4 aromatic rings. The monoisotopic (exact) mass is 516 g/mol. The van der Waals surface area contributed by atoms with Gasteiger partial charge in [-0.2, -0.15) is 0 Å². The average molecular weight is 517 g/mol. The topological polar surface area (TPSA) is 86.6 Å². The summed E-state index contributed by atoms with van der Waals surface area (Å²) in [6.07, 6.45) is 17.7. The minimum Gasteiger partial charge on any atom is -0.376 e. The van der Waals surface area contributed by atoms with E-state index in [4.69, 9.17) is 9.98 Å². The summed E-state index contributed by atoms with van der Waals surface area (Å²) in [6.45, 7) is 0.220. The molecule has 1 aromatic carbocycles. The van der Waals surface area contributed by atoms with E-state index >= 15 is 0 Å². The van der Waals surface area contributed by atoms with Crippen molar-refractivity contribution in [3.8, 4) is 11.3 Å². The Labute approximate surface area is 228 Å². The predicted octanol–water partition coefficient (Wildman–Crippen LogP) is 5.83. The minimum absolute atomic E-state index is 0.00191. The number of benzene rings is 1. The normalized spacial score (nSPS) is 17.3. The maximum absolute atomic E-state index is 12.9. The maximum atomic E-state index is 12.9. The van der Waals surface area contributed by atoms with Gasteiger partial charge < -0.3 is 20.0 Å². The highest BCUT2D eigenvalue weighted by Gasteiger charge is 2.19. The Bertz CT molecular complexity index is 1580. The molecule has 1 aliphatic carbocycles. The number of rotatable bonds is 6. The van der Waals surface area contributed by atoms with E-state index in [9.17, 15) is 4.79 Å². The first-order valence-corrected chi connectivity index (χ1v) is 13.6. The van der Waals surface area contributed by atoms with Crippen LogP contribution in [0.4, 0.5) is 5.69 Å². The largest absolute Gasteiger partial charge is 0.376 e. The molecular formula is C32H32N6O.